The molecule has 1 aromatic rings. The highest BCUT2D eigenvalue weighted by Crippen LogP contribution is 2.36. The highest BCUT2D eigenvalue weighted by atomic mass is 15.2. The van der Waals surface area contributed by atoms with Crippen molar-refractivity contribution in [1.29, 1.82) is 0 Å². The van der Waals surface area contributed by atoms with Crippen LogP contribution in [0.3, 0.4) is 0 Å². The second-order valence-corrected chi connectivity index (χ2v) is 5.20. The molecule has 0 spiro atoms. The Labute approximate surface area is 103 Å². The second-order valence-electron chi connectivity index (χ2n) is 5.20. The SMILES string of the molecule is Cc1nc(NCC2(N(C)C)CCC2)ccc1N. The lowest BCUT2D eigenvalue weighted by Crippen LogP contribution is -2.54. The maximum atomic E-state index is 5.76. The van der Waals surface area contributed by atoms with Gasteiger partial charge in [-0.05, 0) is 52.4 Å². The van der Waals surface area contributed by atoms with Gasteiger partial charge in [-0.1, -0.05) is 0 Å². The van der Waals surface area contributed by atoms with Gasteiger partial charge in [0.05, 0.1) is 11.4 Å². The highest BCUT2D eigenvalue weighted by molar-refractivity contribution is 5.49. The summed E-state index contributed by atoms with van der Waals surface area (Å²) in [5.74, 6) is 0.921. The van der Waals surface area contributed by atoms with Gasteiger partial charge in [0.25, 0.3) is 0 Å². The van der Waals surface area contributed by atoms with Crippen molar-refractivity contribution in [2.45, 2.75) is 31.7 Å². The molecule has 1 aliphatic carbocycles. The molecule has 4 nitrogen and oxygen atoms in total. The van der Waals surface area contributed by atoms with Gasteiger partial charge >= 0.3 is 0 Å². The van der Waals surface area contributed by atoms with E-state index in [1.165, 1.54) is 19.3 Å². The summed E-state index contributed by atoms with van der Waals surface area (Å²) in [4.78, 5) is 6.77. The van der Waals surface area contributed by atoms with E-state index in [1.54, 1.807) is 0 Å². The molecule has 0 radical (unpaired) electrons. The first-order valence-electron chi connectivity index (χ1n) is 6.18. The summed E-state index contributed by atoms with van der Waals surface area (Å²) >= 11 is 0. The Morgan fingerprint density at radius 3 is 2.59 bits per heavy atom. The number of anilines is 2. The van der Waals surface area contributed by atoms with E-state index in [9.17, 15) is 0 Å². The zero-order chi connectivity index (χ0) is 12.5. The van der Waals surface area contributed by atoms with Crippen molar-refractivity contribution in [3.8, 4) is 0 Å². The quantitative estimate of drug-likeness (QED) is 0.835. The molecule has 17 heavy (non-hydrogen) atoms. The number of rotatable bonds is 4. The number of aromatic nitrogens is 1. The molecule has 0 atom stereocenters. The summed E-state index contributed by atoms with van der Waals surface area (Å²) < 4.78 is 0. The molecule has 1 saturated carbocycles. The van der Waals surface area contributed by atoms with E-state index < -0.39 is 0 Å². The van der Waals surface area contributed by atoms with Crippen LogP contribution in [0, 0.1) is 6.92 Å². The zero-order valence-electron chi connectivity index (χ0n) is 11.0. The van der Waals surface area contributed by atoms with Crippen LogP contribution in [0.15, 0.2) is 12.1 Å². The Hall–Kier alpha value is -1.29. The van der Waals surface area contributed by atoms with Crippen LogP contribution in [0.2, 0.25) is 0 Å². The van der Waals surface area contributed by atoms with Gasteiger partial charge in [0, 0.05) is 12.1 Å². The third-order valence-corrected chi connectivity index (χ3v) is 3.96. The molecule has 1 aromatic heterocycles. The van der Waals surface area contributed by atoms with Crippen molar-refractivity contribution < 1.29 is 0 Å². The fraction of sp³-hybridized carbons (Fsp3) is 0.615. The molecule has 0 bridgehead atoms. The lowest BCUT2D eigenvalue weighted by molar-refractivity contribution is 0.0738. The summed E-state index contributed by atoms with van der Waals surface area (Å²) in [7, 11) is 4.31. The number of hydrogen-bond donors (Lipinski definition) is 2. The van der Waals surface area contributed by atoms with Crippen molar-refractivity contribution in [2.75, 3.05) is 31.7 Å². The van der Waals surface area contributed by atoms with E-state index in [0.717, 1.165) is 23.7 Å². The normalized spacial score (nSPS) is 17.9. The molecular formula is C13H22N4. The molecule has 1 heterocycles. The molecule has 1 aliphatic rings. The lowest BCUT2D eigenvalue weighted by Gasteiger charge is -2.47. The minimum Gasteiger partial charge on any atom is -0.397 e. The smallest absolute Gasteiger partial charge is 0.126 e. The number of likely N-dealkylation sites (N-methyl/N-ethyl adjacent to an activating group) is 1. The van der Waals surface area contributed by atoms with Crippen LogP contribution in [0.1, 0.15) is 25.0 Å². The molecular weight excluding hydrogens is 212 g/mol. The number of hydrogen-bond acceptors (Lipinski definition) is 4. The van der Waals surface area contributed by atoms with Crippen LogP contribution in [0.5, 0.6) is 0 Å². The molecule has 0 aliphatic heterocycles. The lowest BCUT2D eigenvalue weighted by atomic mass is 9.75. The Morgan fingerprint density at radius 2 is 2.12 bits per heavy atom. The van der Waals surface area contributed by atoms with Gasteiger partial charge < -0.3 is 16.0 Å². The number of nitrogens with two attached hydrogens (primary N) is 1. The van der Waals surface area contributed by atoms with Crippen LogP contribution in [0.25, 0.3) is 0 Å². The van der Waals surface area contributed by atoms with Crippen LogP contribution < -0.4 is 11.1 Å². The van der Waals surface area contributed by atoms with E-state index in [4.69, 9.17) is 5.73 Å². The van der Waals surface area contributed by atoms with Crippen molar-refractivity contribution in [3.05, 3.63) is 17.8 Å². The van der Waals surface area contributed by atoms with Crippen LogP contribution >= 0.6 is 0 Å². The third-order valence-electron chi connectivity index (χ3n) is 3.96. The fourth-order valence-corrected chi connectivity index (χ4v) is 2.29. The number of nitrogens with zero attached hydrogens (tertiary/aromatic N) is 2. The molecule has 4 heteroatoms. The molecule has 94 valence electrons. The van der Waals surface area contributed by atoms with E-state index in [-0.39, 0.29) is 0 Å². The van der Waals surface area contributed by atoms with Crippen molar-refractivity contribution in [3.63, 3.8) is 0 Å². The van der Waals surface area contributed by atoms with E-state index >= 15 is 0 Å². The van der Waals surface area contributed by atoms with Crippen LogP contribution in [-0.2, 0) is 0 Å². The molecule has 1 fully saturated rings. The first kappa shape index (κ1) is 12.2. The topological polar surface area (TPSA) is 54.2 Å². The predicted octanol–water partition coefficient (Wildman–Crippen LogP) is 1.87. The standard InChI is InChI=1S/C13H22N4/c1-10-11(14)5-6-12(16-10)15-9-13(17(2)3)7-4-8-13/h5-6H,4,7-9,14H2,1-3H3,(H,15,16). The Bertz CT molecular complexity index is 396. The maximum absolute atomic E-state index is 5.76. The van der Waals surface area contributed by atoms with Gasteiger partial charge in [-0.3, -0.25) is 0 Å². The highest BCUT2D eigenvalue weighted by Gasteiger charge is 2.38. The van der Waals surface area contributed by atoms with Crippen molar-refractivity contribution in [2.24, 2.45) is 0 Å². The minimum atomic E-state index is 0.316. The monoisotopic (exact) mass is 234 g/mol. The average Bonchev–Trinajstić information content (AvgIpc) is 2.21. The number of aryl methyl sites for hydroxylation is 1. The van der Waals surface area contributed by atoms with Crippen LogP contribution in [0.4, 0.5) is 11.5 Å². The average molecular weight is 234 g/mol. The summed E-state index contributed by atoms with van der Waals surface area (Å²) in [6.07, 6.45) is 3.86. The molecule has 0 amide bonds. The van der Waals surface area contributed by atoms with Gasteiger partial charge in [-0.25, -0.2) is 4.98 Å². The van der Waals surface area contributed by atoms with E-state index in [0.29, 0.717) is 5.54 Å². The molecule has 0 aromatic carbocycles. The summed E-state index contributed by atoms with van der Waals surface area (Å²) in [6.45, 7) is 2.89. The molecule has 2 rings (SSSR count). The number of nitrogens with one attached hydrogen (secondary N) is 1. The minimum absolute atomic E-state index is 0.316. The first-order valence-corrected chi connectivity index (χ1v) is 6.18. The fourth-order valence-electron chi connectivity index (χ4n) is 2.29. The summed E-state index contributed by atoms with van der Waals surface area (Å²) in [5.41, 5.74) is 7.72. The van der Waals surface area contributed by atoms with Gasteiger partial charge in [0.1, 0.15) is 5.82 Å². The Morgan fingerprint density at radius 1 is 1.41 bits per heavy atom. The summed E-state index contributed by atoms with van der Waals surface area (Å²) in [6, 6.07) is 3.86. The van der Waals surface area contributed by atoms with Crippen molar-refractivity contribution in [1.82, 2.24) is 9.88 Å². The maximum Gasteiger partial charge on any atom is 0.126 e. The van der Waals surface area contributed by atoms with Crippen molar-refractivity contribution >= 4 is 11.5 Å². The van der Waals surface area contributed by atoms with Crippen LogP contribution in [-0.4, -0.2) is 36.1 Å². The van der Waals surface area contributed by atoms with E-state index in [2.05, 4.69) is 29.3 Å². The molecule has 3 N–H and O–H groups in total. The third kappa shape index (κ3) is 2.36. The zero-order valence-corrected chi connectivity index (χ0v) is 11.0. The predicted molar refractivity (Wildman–Crippen MR) is 72.1 cm³/mol. The second kappa shape index (κ2) is 4.53. The van der Waals surface area contributed by atoms with Gasteiger partial charge in [-0.15, -0.1) is 0 Å². The molecule has 0 unspecified atom stereocenters. The largest absolute Gasteiger partial charge is 0.397 e. The number of nitrogen functional groups attached to an aromatic ring is 1. The molecule has 0 saturated heterocycles. The Balaban J connectivity index is 1.99. The summed E-state index contributed by atoms with van der Waals surface area (Å²) in [5, 5.41) is 3.43. The van der Waals surface area contributed by atoms with Gasteiger partial charge in [0.2, 0.25) is 0 Å². The van der Waals surface area contributed by atoms with E-state index in [1.807, 2.05) is 19.1 Å². The Kier molecular flexibility index (Phi) is 3.24. The number of pyridine rings is 1. The van der Waals surface area contributed by atoms with Gasteiger partial charge in [-0.2, -0.15) is 0 Å². The first-order chi connectivity index (χ1) is 8.03. The van der Waals surface area contributed by atoms with Gasteiger partial charge in [0.15, 0.2) is 0 Å².